The fourth-order valence-corrected chi connectivity index (χ4v) is 2.15. The normalized spacial score (nSPS) is 12.1. The van der Waals surface area contributed by atoms with Crippen molar-refractivity contribution in [3.8, 4) is 5.75 Å². The zero-order valence-corrected chi connectivity index (χ0v) is 9.21. The van der Waals surface area contributed by atoms with Crippen LogP contribution in [0.15, 0.2) is 29.2 Å². The summed E-state index contributed by atoms with van der Waals surface area (Å²) in [6.07, 6.45) is 1.52. The van der Waals surface area contributed by atoms with Gasteiger partial charge in [0.05, 0.1) is 7.11 Å². The van der Waals surface area contributed by atoms with Crippen LogP contribution in [-0.4, -0.2) is 18.6 Å². The molecule has 3 heteroatoms. The molecule has 0 saturated carbocycles. The summed E-state index contributed by atoms with van der Waals surface area (Å²) in [5.74, 6) is 0.871. The number of benzene rings is 1. The van der Waals surface area contributed by atoms with Crippen molar-refractivity contribution in [3.05, 3.63) is 24.3 Å². The number of hydrogen-bond donors (Lipinski definition) is 0. The van der Waals surface area contributed by atoms with E-state index in [9.17, 15) is 4.79 Å². The maximum absolute atomic E-state index is 10.3. The minimum Gasteiger partial charge on any atom is -0.496 e. The Morgan fingerprint density at radius 2 is 2.21 bits per heavy atom. The summed E-state index contributed by atoms with van der Waals surface area (Å²) in [6.45, 7) is 2.03. The number of aldehydes is 1. The first-order valence-corrected chi connectivity index (χ1v) is 5.39. The molecule has 1 aromatic rings. The summed E-state index contributed by atoms with van der Waals surface area (Å²) in [5, 5.41) is 0.295. The van der Waals surface area contributed by atoms with Crippen molar-refractivity contribution >= 4 is 18.0 Å². The van der Waals surface area contributed by atoms with E-state index in [-0.39, 0.29) is 0 Å². The van der Waals surface area contributed by atoms with Crippen LogP contribution in [0.2, 0.25) is 0 Å². The number of methoxy groups -OCH3 is 1. The monoisotopic (exact) mass is 210 g/mol. The first-order chi connectivity index (χ1) is 6.77. The third-order valence-electron chi connectivity index (χ3n) is 1.83. The van der Waals surface area contributed by atoms with E-state index in [0.717, 1.165) is 16.9 Å². The number of ether oxygens (including phenoxy) is 1. The highest BCUT2D eigenvalue weighted by atomic mass is 32.2. The minimum atomic E-state index is 0.295. The molecule has 0 fully saturated rings. The highest BCUT2D eigenvalue weighted by Gasteiger charge is 2.07. The summed E-state index contributed by atoms with van der Waals surface area (Å²) in [6, 6.07) is 7.84. The minimum absolute atomic E-state index is 0.295. The summed E-state index contributed by atoms with van der Waals surface area (Å²) in [7, 11) is 1.66. The molecule has 0 bridgehead atoms. The van der Waals surface area contributed by atoms with E-state index >= 15 is 0 Å². The predicted molar refractivity (Wildman–Crippen MR) is 59.0 cm³/mol. The van der Waals surface area contributed by atoms with E-state index in [1.165, 1.54) is 0 Å². The Bertz CT molecular complexity index is 299. The van der Waals surface area contributed by atoms with Crippen molar-refractivity contribution in [2.24, 2.45) is 0 Å². The highest BCUT2D eigenvalue weighted by molar-refractivity contribution is 8.00. The lowest BCUT2D eigenvalue weighted by Gasteiger charge is -2.10. The maximum Gasteiger partial charge on any atom is 0.132 e. The fraction of sp³-hybridized carbons (Fsp3) is 0.364. The molecule has 1 rings (SSSR count). The lowest BCUT2D eigenvalue weighted by molar-refractivity contribution is -0.107. The van der Waals surface area contributed by atoms with Crippen LogP contribution in [0.3, 0.4) is 0 Å². The topological polar surface area (TPSA) is 26.3 Å². The molecule has 2 nitrogen and oxygen atoms in total. The Kier molecular flexibility index (Phi) is 4.53. The third-order valence-corrected chi connectivity index (χ3v) is 3.01. The number of rotatable bonds is 5. The fourth-order valence-electron chi connectivity index (χ4n) is 1.12. The van der Waals surface area contributed by atoms with Gasteiger partial charge in [0.15, 0.2) is 0 Å². The van der Waals surface area contributed by atoms with E-state index in [1.807, 2.05) is 31.2 Å². The van der Waals surface area contributed by atoms with Crippen LogP contribution < -0.4 is 4.74 Å². The van der Waals surface area contributed by atoms with E-state index < -0.39 is 0 Å². The van der Waals surface area contributed by atoms with Crippen LogP contribution in [0.4, 0.5) is 0 Å². The van der Waals surface area contributed by atoms with Crippen LogP contribution in [0.5, 0.6) is 5.75 Å². The average molecular weight is 210 g/mol. The molecule has 0 saturated heterocycles. The second-order valence-electron chi connectivity index (χ2n) is 2.98. The van der Waals surface area contributed by atoms with Gasteiger partial charge in [-0.2, -0.15) is 0 Å². The van der Waals surface area contributed by atoms with Gasteiger partial charge in [0, 0.05) is 16.6 Å². The molecule has 0 N–H and O–H groups in total. The Morgan fingerprint density at radius 1 is 1.50 bits per heavy atom. The zero-order valence-electron chi connectivity index (χ0n) is 8.40. The van der Waals surface area contributed by atoms with Crippen LogP contribution in [-0.2, 0) is 4.79 Å². The van der Waals surface area contributed by atoms with Gasteiger partial charge >= 0.3 is 0 Å². The quantitative estimate of drug-likeness (QED) is 0.552. The number of para-hydroxylation sites is 1. The first-order valence-electron chi connectivity index (χ1n) is 4.51. The molecule has 1 atom stereocenters. The Labute approximate surface area is 88.7 Å². The smallest absolute Gasteiger partial charge is 0.132 e. The van der Waals surface area contributed by atoms with Crippen molar-refractivity contribution in [2.75, 3.05) is 7.11 Å². The van der Waals surface area contributed by atoms with Gasteiger partial charge in [0.2, 0.25) is 0 Å². The summed E-state index contributed by atoms with van der Waals surface area (Å²) in [4.78, 5) is 11.4. The van der Waals surface area contributed by atoms with Crippen molar-refractivity contribution in [3.63, 3.8) is 0 Å². The van der Waals surface area contributed by atoms with Crippen molar-refractivity contribution in [1.29, 1.82) is 0 Å². The molecule has 0 aromatic heterocycles. The molecule has 0 heterocycles. The van der Waals surface area contributed by atoms with Crippen LogP contribution in [0, 0.1) is 0 Å². The number of carbonyl (C=O) groups excluding carboxylic acids is 1. The molecule has 76 valence electrons. The molecule has 0 aliphatic heterocycles. The highest BCUT2D eigenvalue weighted by Crippen LogP contribution is 2.32. The Balaban J connectivity index is 2.69. The summed E-state index contributed by atoms with van der Waals surface area (Å²) < 4.78 is 5.22. The van der Waals surface area contributed by atoms with Gasteiger partial charge in [-0.05, 0) is 12.1 Å². The van der Waals surface area contributed by atoms with Gasteiger partial charge in [-0.3, -0.25) is 0 Å². The van der Waals surface area contributed by atoms with Crippen molar-refractivity contribution in [1.82, 2.24) is 0 Å². The van der Waals surface area contributed by atoms with Gasteiger partial charge in [0.25, 0.3) is 0 Å². The molecule has 0 aliphatic rings. The second kappa shape index (κ2) is 5.70. The van der Waals surface area contributed by atoms with E-state index in [1.54, 1.807) is 18.9 Å². The van der Waals surface area contributed by atoms with Gasteiger partial charge in [0.1, 0.15) is 12.0 Å². The number of hydrogen-bond acceptors (Lipinski definition) is 3. The molecular formula is C11H14O2S. The van der Waals surface area contributed by atoms with E-state index in [2.05, 4.69) is 0 Å². The number of thioether (sulfide) groups is 1. The van der Waals surface area contributed by atoms with E-state index in [0.29, 0.717) is 11.7 Å². The van der Waals surface area contributed by atoms with Crippen LogP contribution in [0.25, 0.3) is 0 Å². The SMILES string of the molecule is COc1ccccc1SC(C)CC=O. The molecule has 0 spiro atoms. The van der Waals surface area contributed by atoms with Crippen molar-refractivity contribution < 1.29 is 9.53 Å². The van der Waals surface area contributed by atoms with Gasteiger partial charge in [-0.25, -0.2) is 0 Å². The molecule has 0 aliphatic carbocycles. The molecule has 0 amide bonds. The standard InChI is InChI=1S/C11H14O2S/c1-9(7-8-12)14-11-6-4-3-5-10(11)13-2/h3-6,8-9H,7H2,1-2H3. The summed E-state index contributed by atoms with van der Waals surface area (Å²) >= 11 is 1.66. The first kappa shape index (κ1) is 11.1. The van der Waals surface area contributed by atoms with Crippen molar-refractivity contribution in [2.45, 2.75) is 23.5 Å². The van der Waals surface area contributed by atoms with Crippen LogP contribution >= 0.6 is 11.8 Å². The Hall–Kier alpha value is -0.960. The molecule has 0 radical (unpaired) electrons. The van der Waals surface area contributed by atoms with Gasteiger partial charge < -0.3 is 9.53 Å². The lowest BCUT2D eigenvalue weighted by Crippen LogP contribution is -1.97. The molecule has 1 aromatic carbocycles. The predicted octanol–water partition coefficient (Wildman–Crippen LogP) is 2.76. The third kappa shape index (κ3) is 3.07. The molecule has 14 heavy (non-hydrogen) atoms. The van der Waals surface area contributed by atoms with Gasteiger partial charge in [-0.1, -0.05) is 19.1 Å². The average Bonchev–Trinajstić information content (AvgIpc) is 2.19. The summed E-state index contributed by atoms with van der Waals surface area (Å²) in [5.41, 5.74) is 0. The lowest BCUT2D eigenvalue weighted by atomic mass is 10.3. The second-order valence-corrected chi connectivity index (χ2v) is 4.46. The number of carbonyl (C=O) groups is 1. The van der Waals surface area contributed by atoms with Crippen LogP contribution in [0.1, 0.15) is 13.3 Å². The molecular weight excluding hydrogens is 196 g/mol. The molecule has 1 unspecified atom stereocenters. The Morgan fingerprint density at radius 3 is 2.86 bits per heavy atom. The maximum atomic E-state index is 10.3. The van der Waals surface area contributed by atoms with Gasteiger partial charge in [-0.15, -0.1) is 11.8 Å². The largest absolute Gasteiger partial charge is 0.496 e. The van der Waals surface area contributed by atoms with E-state index in [4.69, 9.17) is 4.74 Å². The zero-order chi connectivity index (χ0) is 10.4.